The Kier molecular flexibility index (Phi) is 3.92. The van der Waals surface area contributed by atoms with Crippen LogP contribution in [0.4, 0.5) is 0 Å². The zero-order chi connectivity index (χ0) is 13.0. The van der Waals surface area contributed by atoms with Gasteiger partial charge in [-0.15, -0.1) is 0 Å². The number of aromatic nitrogens is 1. The lowest BCUT2D eigenvalue weighted by Crippen LogP contribution is -2.33. The summed E-state index contributed by atoms with van der Waals surface area (Å²) >= 11 is 0. The minimum Gasteiger partial charge on any atom is -0.481 e. The minimum atomic E-state index is -0.877. The number of pyridine rings is 1. The fraction of sp³-hybridized carbons (Fsp3) is 0.462. The van der Waals surface area contributed by atoms with Gasteiger partial charge in [-0.25, -0.2) is 0 Å². The van der Waals surface area contributed by atoms with E-state index in [2.05, 4.69) is 4.98 Å². The molecule has 1 saturated carbocycles. The highest BCUT2D eigenvalue weighted by molar-refractivity contribution is 5.81. The molecule has 1 N–H and O–H groups in total. The first-order chi connectivity index (χ1) is 8.66. The van der Waals surface area contributed by atoms with Crippen LogP contribution in [0, 0.1) is 5.92 Å². The van der Waals surface area contributed by atoms with Crippen LogP contribution in [0.5, 0.6) is 0 Å². The maximum absolute atomic E-state index is 12.0. The maximum atomic E-state index is 12.0. The zero-order valence-electron chi connectivity index (χ0n) is 10.1. The standard InChI is InChI=1S/C13H16N2O3/c16-12(17)5-8-15(13(18)11-1-2-11)9-10-3-6-14-7-4-10/h3-4,6-7,11H,1-2,5,8-9H2,(H,16,17). The first-order valence-electron chi connectivity index (χ1n) is 6.06. The second-order valence-electron chi connectivity index (χ2n) is 4.53. The first kappa shape index (κ1) is 12.5. The van der Waals surface area contributed by atoms with Crippen molar-refractivity contribution in [2.45, 2.75) is 25.8 Å². The number of carboxylic acids is 1. The normalized spacial score (nSPS) is 14.2. The van der Waals surface area contributed by atoms with Crippen molar-refractivity contribution in [3.8, 4) is 0 Å². The van der Waals surface area contributed by atoms with E-state index in [1.54, 1.807) is 17.3 Å². The number of carbonyl (C=O) groups is 2. The van der Waals surface area contributed by atoms with E-state index in [4.69, 9.17) is 5.11 Å². The van der Waals surface area contributed by atoms with Crippen LogP contribution < -0.4 is 0 Å². The van der Waals surface area contributed by atoms with Gasteiger partial charge in [-0.3, -0.25) is 14.6 Å². The van der Waals surface area contributed by atoms with Crippen molar-refractivity contribution in [2.75, 3.05) is 6.54 Å². The predicted octanol–water partition coefficient (Wildman–Crippen LogP) is 1.29. The van der Waals surface area contributed by atoms with Crippen LogP contribution in [0.3, 0.4) is 0 Å². The second-order valence-corrected chi connectivity index (χ2v) is 4.53. The molecule has 0 bridgehead atoms. The molecule has 5 heteroatoms. The molecule has 0 saturated heterocycles. The van der Waals surface area contributed by atoms with Crippen molar-refractivity contribution in [1.82, 2.24) is 9.88 Å². The van der Waals surface area contributed by atoms with Crippen LogP contribution in [-0.4, -0.2) is 33.4 Å². The van der Waals surface area contributed by atoms with Gasteiger partial charge >= 0.3 is 5.97 Å². The Labute approximate surface area is 105 Å². The van der Waals surface area contributed by atoms with E-state index in [1.165, 1.54) is 0 Å². The molecule has 0 spiro atoms. The molecule has 1 aliphatic carbocycles. The molecule has 5 nitrogen and oxygen atoms in total. The number of nitrogens with zero attached hydrogens (tertiary/aromatic N) is 2. The fourth-order valence-electron chi connectivity index (χ4n) is 1.79. The van der Waals surface area contributed by atoms with Gasteiger partial charge in [-0.05, 0) is 30.5 Å². The molecule has 0 aromatic carbocycles. The second kappa shape index (κ2) is 5.62. The van der Waals surface area contributed by atoms with Crippen LogP contribution in [0.2, 0.25) is 0 Å². The third-order valence-corrected chi connectivity index (χ3v) is 2.96. The lowest BCUT2D eigenvalue weighted by molar-refractivity contribution is -0.139. The Balaban J connectivity index is 1.99. The molecule has 1 amide bonds. The molecule has 1 aliphatic rings. The van der Waals surface area contributed by atoms with E-state index in [9.17, 15) is 9.59 Å². The van der Waals surface area contributed by atoms with Crippen molar-refractivity contribution >= 4 is 11.9 Å². The van der Waals surface area contributed by atoms with Gasteiger partial charge in [0.15, 0.2) is 0 Å². The van der Waals surface area contributed by atoms with Gasteiger partial charge in [0.1, 0.15) is 0 Å². The van der Waals surface area contributed by atoms with Gasteiger partial charge in [-0.2, -0.15) is 0 Å². The summed E-state index contributed by atoms with van der Waals surface area (Å²) in [6.45, 7) is 0.734. The lowest BCUT2D eigenvalue weighted by atomic mass is 10.2. The van der Waals surface area contributed by atoms with Crippen molar-refractivity contribution in [2.24, 2.45) is 5.92 Å². The van der Waals surface area contributed by atoms with E-state index in [1.807, 2.05) is 12.1 Å². The Hall–Kier alpha value is -1.91. The van der Waals surface area contributed by atoms with Gasteiger partial charge in [-0.1, -0.05) is 0 Å². The summed E-state index contributed by atoms with van der Waals surface area (Å²) in [4.78, 5) is 28.2. The van der Waals surface area contributed by atoms with E-state index < -0.39 is 5.97 Å². The molecule has 1 aromatic heterocycles. The quantitative estimate of drug-likeness (QED) is 0.823. The summed E-state index contributed by atoms with van der Waals surface area (Å²) in [5, 5.41) is 8.72. The molecule has 0 unspecified atom stereocenters. The SMILES string of the molecule is O=C(O)CCN(Cc1ccncc1)C(=O)C1CC1. The molecule has 1 fully saturated rings. The highest BCUT2D eigenvalue weighted by atomic mass is 16.4. The zero-order valence-corrected chi connectivity index (χ0v) is 10.1. The van der Waals surface area contributed by atoms with E-state index >= 15 is 0 Å². The van der Waals surface area contributed by atoms with Crippen molar-refractivity contribution in [1.29, 1.82) is 0 Å². The predicted molar refractivity (Wildman–Crippen MR) is 64.6 cm³/mol. The van der Waals surface area contributed by atoms with Gasteiger partial charge in [0.2, 0.25) is 5.91 Å². The van der Waals surface area contributed by atoms with Gasteiger partial charge in [0, 0.05) is 31.4 Å². The number of aliphatic carboxylic acids is 1. The molecule has 96 valence electrons. The Morgan fingerprint density at radius 2 is 2.00 bits per heavy atom. The molecule has 1 heterocycles. The molecule has 0 radical (unpaired) electrons. The summed E-state index contributed by atoms with van der Waals surface area (Å²) < 4.78 is 0. The van der Waals surface area contributed by atoms with Crippen molar-refractivity contribution < 1.29 is 14.7 Å². The minimum absolute atomic E-state index is 0.0104. The molecule has 0 aliphatic heterocycles. The van der Waals surface area contributed by atoms with E-state index in [-0.39, 0.29) is 24.8 Å². The Morgan fingerprint density at radius 3 is 2.56 bits per heavy atom. The number of rotatable bonds is 6. The Morgan fingerprint density at radius 1 is 1.33 bits per heavy atom. The summed E-state index contributed by atoms with van der Waals surface area (Å²) in [5.74, 6) is -0.688. The smallest absolute Gasteiger partial charge is 0.305 e. The highest BCUT2D eigenvalue weighted by Gasteiger charge is 2.33. The molecular formula is C13H16N2O3. The van der Waals surface area contributed by atoms with Gasteiger partial charge in [0.25, 0.3) is 0 Å². The Bertz CT molecular complexity index is 429. The molecule has 2 rings (SSSR count). The number of hydrogen-bond acceptors (Lipinski definition) is 3. The van der Waals surface area contributed by atoms with Crippen LogP contribution in [-0.2, 0) is 16.1 Å². The van der Waals surface area contributed by atoms with Crippen molar-refractivity contribution in [3.63, 3.8) is 0 Å². The fourth-order valence-corrected chi connectivity index (χ4v) is 1.79. The highest BCUT2D eigenvalue weighted by Crippen LogP contribution is 2.31. The van der Waals surface area contributed by atoms with E-state index in [0.29, 0.717) is 6.54 Å². The topological polar surface area (TPSA) is 70.5 Å². The summed E-state index contributed by atoms with van der Waals surface area (Å²) in [6, 6.07) is 3.68. The third kappa shape index (κ3) is 3.55. The van der Waals surface area contributed by atoms with Crippen LogP contribution in [0.15, 0.2) is 24.5 Å². The average Bonchev–Trinajstić information content (AvgIpc) is 3.19. The summed E-state index contributed by atoms with van der Waals surface area (Å²) in [7, 11) is 0. The summed E-state index contributed by atoms with van der Waals surface area (Å²) in [5.41, 5.74) is 0.976. The number of amides is 1. The molecular weight excluding hydrogens is 232 g/mol. The molecule has 18 heavy (non-hydrogen) atoms. The summed E-state index contributed by atoms with van der Waals surface area (Å²) in [6.07, 6.45) is 5.19. The number of hydrogen-bond donors (Lipinski definition) is 1. The van der Waals surface area contributed by atoms with Gasteiger partial charge < -0.3 is 10.0 Å². The largest absolute Gasteiger partial charge is 0.481 e. The average molecular weight is 248 g/mol. The van der Waals surface area contributed by atoms with Crippen LogP contribution >= 0.6 is 0 Å². The lowest BCUT2D eigenvalue weighted by Gasteiger charge is -2.22. The molecule has 0 atom stereocenters. The van der Waals surface area contributed by atoms with Crippen molar-refractivity contribution in [3.05, 3.63) is 30.1 Å². The van der Waals surface area contributed by atoms with Gasteiger partial charge in [0.05, 0.1) is 6.42 Å². The third-order valence-electron chi connectivity index (χ3n) is 2.96. The monoisotopic (exact) mass is 248 g/mol. The first-order valence-corrected chi connectivity index (χ1v) is 6.06. The molecule has 1 aromatic rings. The van der Waals surface area contributed by atoms with Crippen LogP contribution in [0.25, 0.3) is 0 Å². The maximum Gasteiger partial charge on any atom is 0.305 e. The number of carboxylic acid groups (broad SMARTS) is 1. The van der Waals surface area contributed by atoms with E-state index in [0.717, 1.165) is 18.4 Å². The number of carbonyl (C=O) groups excluding carboxylic acids is 1. The van der Waals surface area contributed by atoms with Crippen LogP contribution in [0.1, 0.15) is 24.8 Å².